The molecular weight excluding hydrogens is 378 g/mol. The summed E-state index contributed by atoms with van der Waals surface area (Å²) in [6, 6.07) is 13.2. The highest BCUT2D eigenvalue weighted by molar-refractivity contribution is 5.95. The lowest BCUT2D eigenvalue weighted by Crippen LogP contribution is -2.47. The Labute approximate surface area is 178 Å². The molecule has 1 unspecified atom stereocenters. The fourth-order valence-electron chi connectivity index (χ4n) is 3.89. The van der Waals surface area contributed by atoms with Gasteiger partial charge in [0.1, 0.15) is 5.75 Å². The van der Waals surface area contributed by atoms with Gasteiger partial charge in [-0.15, -0.1) is 0 Å². The second-order valence-electron chi connectivity index (χ2n) is 7.98. The molecule has 30 heavy (non-hydrogen) atoms. The quantitative estimate of drug-likeness (QED) is 0.757. The van der Waals surface area contributed by atoms with E-state index < -0.39 is 0 Å². The average molecular weight is 410 g/mol. The summed E-state index contributed by atoms with van der Waals surface area (Å²) >= 11 is 0. The summed E-state index contributed by atoms with van der Waals surface area (Å²) in [4.78, 5) is 27.6. The van der Waals surface area contributed by atoms with Crippen LogP contribution in [0.2, 0.25) is 0 Å². The third-order valence-corrected chi connectivity index (χ3v) is 5.83. The number of carbonyl (C=O) groups is 2. The van der Waals surface area contributed by atoms with Crippen LogP contribution in [0.15, 0.2) is 42.5 Å². The Hall–Kier alpha value is -2.86. The van der Waals surface area contributed by atoms with Crippen LogP contribution in [0.4, 0.5) is 11.4 Å². The van der Waals surface area contributed by atoms with Crippen LogP contribution in [0.25, 0.3) is 0 Å². The highest BCUT2D eigenvalue weighted by atomic mass is 16.5. The zero-order valence-electron chi connectivity index (χ0n) is 18.2. The second kappa shape index (κ2) is 9.76. The molecule has 1 fully saturated rings. The molecule has 2 aromatic rings. The number of para-hydroxylation sites is 2. The molecule has 2 aromatic carbocycles. The first-order valence-electron chi connectivity index (χ1n) is 10.4. The number of nitrogens with one attached hydrogen (secondary N) is 2. The normalized spacial score (nSPS) is 16.0. The Kier molecular flexibility index (Phi) is 7.11. The molecule has 1 saturated heterocycles. The van der Waals surface area contributed by atoms with Gasteiger partial charge in [-0.25, -0.2) is 0 Å². The van der Waals surface area contributed by atoms with Crippen LogP contribution in [0, 0.1) is 19.8 Å². The molecule has 2 amide bonds. The first-order valence-corrected chi connectivity index (χ1v) is 10.4. The number of benzene rings is 2. The van der Waals surface area contributed by atoms with Gasteiger partial charge in [0.15, 0.2) is 0 Å². The van der Waals surface area contributed by atoms with E-state index >= 15 is 0 Å². The predicted molar refractivity (Wildman–Crippen MR) is 120 cm³/mol. The summed E-state index contributed by atoms with van der Waals surface area (Å²) < 4.78 is 5.30. The molecule has 1 aliphatic rings. The zero-order valence-corrected chi connectivity index (χ0v) is 18.2. The minimum absolute atomic E-state index is 0.00605. The van der Waals surface area contributed by atoms with E-state index in [0.717, 1.165) is 24.1 Å². The molecule has 1 atom stereocenters. The number of ether oxygens (including phenoxy) is 1. The Bertz CT molecular complexity index is 904. The van der Waals surface area contributed by atoms with Crippen molar-refractivity contribution < 1.29 is 14.3 Å². The number of anilines is 2. The number of amides is 2. The monoisotopic (exact) mass is 409 g/mol. The Morgan fingerprint density at radius 3 is 2.40 bits per heavy atom. The summed E-state index contributed by atoms with van der Waals surface area (Å²) in [7, 11) is 1.59. The number of hydrogen-bond acceptors (Lipinski definition) is 4. The third-order valence-electron chi connectivity index (χ3n) is 5.83. The van der Waals surface area contributed by atoms with Gasteiger partial charge >= 0.3 is 0 Å². The average Bonchev–Trinajstić information content (AvgIpc) is 2.75. The largest absolute Gasteiger partial charge is 0.495 e. The highest BCUT2D eigenvalue weighted by Crippen LogP contribution is 2.26. The first-order chi connectivity index (χ1) is 14.4. The number of piperidine rings is 1. The van der Waals surface area contributed by atoms with Gasteiger partial charge in [0.25, 0.3) is 0 Å². The number of hydrogen-bond donors (Lipinski definition) is 2. The van der Waals surface area contributed by atoms with Crippen LogP contribution < -0.4 is 15.4 Å². The molecule has 3 rings (SSSR count). The van der Waals surface area contributed by atoms with Crippen molar-refractivity contribution in [1.29, 1.82) is 0 Å². The van der Waals surface area contributed by atoms with Gasteiger partial charge in [0.05, 0.1) is 18.8 Å². The number of rotatable bonds is 6. The standard InChI is InChI=1S/C24H31N3O3/c1-16-9-10-20(17(2)15-16)25-23(28)18(3)27-13-11-19(12-14-27)24(29)26-21-7-5-6-8-22(21)30-4/h5-10,15,18-19H,11-14H2,1-4H3,(H,25,28)(H,26,29). The van der Waals surface area contributed by atoms with Gasteiger partial charge < -0.3 is 15.4 Å². The number of carbonyl (C=O) groups excluding carboxylic acids is 2. The van der Waals surface area contributed by atoms with Gasteiger partial charge in [-0.05, 0) is 70.5 Å². The van der Waals surface area contributed by atoms with Crippen molar-refractivity contribution in [2.24, 2.45) is 5.92 Å². The lowest BCUT2D eigenvalue weighted by molar-refractivity contribution is -0.123. The summed E-state index contributed by atoms with van der Waals surface area (Å²) in [6.45, 7) is 7.39. The fourth-order valence-corrected chi connectivity index (χ4v) is 3.89. The second-order valence-corrected chi connectivity index (χ2v) is 7.98. The van der Waals surface area contributed by atoms with E-state index in [2.05, 4.69) is 21.6 Å². The van der Waals surface area contributed by atoms with Gasteiger partial charge in [-0.2, -0.15) is 0 Å². The molecule has 1 aliphatic heterocycles. The van der Waals surface area contributed by atoms with Crippen LogP contribution in [0.5, 0.6) is 5.75 Å². The van der Waals surface area contributed by atoms with E-state index in [1.54, 1.807) is 7.11 Å². The van der Waals surface area contributed by atoms with Gasteiger partial charge in [0, 0.05) is 11.6 Å². The minimum Gasteiger partial charge on any atom is -0.495 e. The van der Waals surface area contributed by atoms with Crippen molar-refractivity contribution in [3.8, 4) is 5.75 Å². The predicted octanol–water partition coefficient (Wildman–Crippen LogP) is 3.99. The number of aryl methyl sites for hydroxylation is 2. The molecule has 2 N–H and O–H groups in total. The Balaban J connectivity index is 1.52. The summed E-state index contributed by atoms with van der Waals surface area (Å²) in [5.74, 6) is 0.575. The summed E-state index contributed by atoms with van der Waals surface area (Å²) in [5, 5.41) is 6.02. The number of likely N-dealkylation sites (tertiary alicyclic amines) is 1. The van der Waals surface area contributed by atoms with E-state index in [1.165, 1.54) is 5.56 Å². The zero-order chi connectivity index (χ0) is 21.7. The van der Waals surface area contributed by atoms with Crippen LogP contribution in [0.1, 0.15) is 30.9 Å². The van der Waals surface area contributed by atoms with Gasteiger partial charge in [0.2, 0.25) is 11.8 Å². The molecule has 0 radical (unpaired) electrons. The van der Waals surface area contributed by atoms with Crippen molar-refractivity contribution in [2.75, 3.05) is 30.8 Å². The maximum absolute atomic E-state index is 12.7. The van der Waals surface area contributed by atoms with Crippen LogP contribution >= 0.6 is 0 Å². The molecular formula is C24H31N3O3. The molecule has 0 aliphatic carbocycles. The Morgan fingerprint density at radius 2 is 1.73 bits per heavy atom. The molecule has 160 valence electrons. The molecule has 0 bridgehead atoms. The third kappa shape index (κ3) is 5.19. The molecule has 0 spiro atoms. The lowest BCUT2D eigenvalue weighted by atomic mass is 9.94. The van der Waals surface area contributed by atoms with Crippen molar-refractivity contribution in [3.05, 3.63) is 53.6 Å². The molecule has 6 nitrogen and oxygen atoms in total. The van der Waals surface area contributed by atoms with Crippen LogP contribution in [-0.2, 0) is 9.59 Å². The maximum Gasteiger partial charge on any atom is 0.241 e. The van der Waals surface area contributed by atoms with E-state index in [0.29, 0.717) is 24.5 Å². The van der Waals surface area contributed by atoms with E-state index in [1.807, 2.05) is 57.2 Å². The smallest absolute Gasteiger partial charge is 0.241 e. The fraction of sp³-hybridized carbons (Fsp3) is 0.417. The van der Waals surface area contributed by atoms with E-state index in [4.69, 9.17) is 4.74 Å². The SMILES string of the molecule is COc1ccccc1NC(=O)C1CCN(C(C)C(=O)Nc2ccc(C)cc2C)CC1. The van der Waals surface area contributed by atoms with E-state index in [-0.39, 0.29) is 23.8 Å². The van der Waals surface area contributed by atoms with Crippen LogP contribution in [0.3, 0.4) is 0 Å². The van der Waals surface area contributed by atoms with Gasteiger partial charge in [-0.3, -0.25) is 14.5 Å². The summed E-state index contributed by atoms with van der Waals surface area (Å²) in [5.41, 5.74) is 3.77. The van der Waals surface area contributed by atoms with Crippen molar-refractivity contribution in [1.82, 2.24) is 4.90 Å². The highest BCUT2D eigenvalue weighted by Gasteiger charge is 2.30. The van der Waals surface area contributed by atoms with Gasteiger partial charge in [-0.1, -0.05) is 29.8 Å². The Morgan fingerprint density at radius 1 is 1.03 bits per heavy atom. The number of nitrogens with zero attached hydrogens (tertiary/aromatic N) is 1. The molecule has 6 heteroatoms. The number of methoxy groups -OCH3 is 1. The summed E-state index contributed by atoms with van der Waals surface area (Å²) in [6.07, 6.45) is 1.45. The molecule has 1 heterocycles. The maximum atomic E-state index is 12.7. The molecule has 0 aromatic heterocycles. The first kappa shape index (κ1) is 21.8. The molecule has 0 saturated carbocycles. The van der Waals surface area contributed by atoms with E-state index in [9.17, 15) is 9.59 Å². The lowest BCUT2D eigenvalue weighted by Gasteiger charge is -2.34. The van der Waals surface area contributed by atoms with Crippen molar-refractivity contribution in [3.63, 3.8) is 0 Å². The topological polar surface area (TPSA) is 70.7 Å². The van der Waals surface area contributed by atoms with Crippen LogP contribution in [-0.4, -0.2) is 43.0 Å². The van der Waals surface area contributed by atoms with Crippen molar-refractivity contribution >= 4 is 23.2 Å². The minimum atomic E-state index is -0.246. The van der Waals surface area contributed by atoms with Crippen molar-refractivity contribution in [2.45, 2.75) is 39.7 Å².